The molecule has 8 heteroatoms. The highest BCUT2D eigenvalue weighted by atomic mass is 16.2. The summed E-state index contributed by atoms with van der Waals surface area (Å²) in [4.78, 5) is 35.2. The molecule has 0 bridgehead atoms. The number of carbonyl (C=O) groups excluding carboxylic acids is 2. The minimum atomic E-state index is -0.434. The molecule has 0 radical (unpaired) electrons. The van der Waals surface area contributed by atoms with E-state index >= 15 is 0 Å². The van der Waals surface area contributed by atoms with Crippen LogP contribution in [0.1, 0.15) is 23.4 Å². The molecular weight excluding hydrogens is 368 g/mol. The third-order valence-corrected chi connectivity index (χ3v) is 4.97. The number of nitrogens with zero attached hydrogens (tertiary/aromatic N) is 5. The molecular formula is C21H22N6O2. The normalized spacial score (nSPS) is 16.3. The molecule has 1 atom stereocenters. The fourth-order valence-corrected chi connectivity index (χ4v) is 3.48. The van der Waals surface area contributed by atoms with Crippen LogP contribution in [0.5, 0.6) is 0 Å². The Labute approximate surface area is 168 Å². The molecule has 2 amide bonds. The van der Waals surface area contributed by atoms with Crippen LogP contribution >= 0.6 is 0 Å². The molecule has 1 aromatic carbocycles. The van der Waals surface area contributed by atoms with E-state index in [2.05, 4.69) is 20.4 Å². The van der Waals surface area contributed by atoms with Crippen LogP contribution in [0.15, 0.2) is 42.7 Å². The molecule has 2 aromatic heterocycles. The number of amides is 2. The molecule has 8 nitrogen and oxygen atoms in total. The van der Waals surface area contributed by atoms with Crippen molar-refractivity contribution in [3.05, 3.63) is 59.7 Å². The molecule has 3 heterocycles. The summed E-state index contributed by atoms with van der Waals surface area (Å²) in [6.07, 6.45) is 1.56. The maximum Gasteiger partial charge on any atom is 0.230 e. The lowest BCUT2D eigenvalue weighted by Crippen LogP contribution is -2.28. The van der Waals surface area contributed by atoms with Crippen molar-refractivity contribution in [2.45, 2.75) is 27.2 Å². The Balaban J connectivity index is 1.47. The van der Waals surface area contributed by atoms with Crippen LogP contribution in [-0.2, 0) is 9.59 Å². The maximum atomic E-state index is 12.7. The number of rotatable bonds is 4. The fourth-order valence-electron chi connectivity index (χ4n) is 3.48. The summed E-state index contributed by atoms with van der Waals surface area (Å²) in [5.74, 6) is 0.236. The lowest BCUT2D eigenvalue weighted by atomic mass is 10.1. The Hall–Kier alpha value is -3.55. The third kappa shape index (κ3) is 3.87. The molecule has 0 aliphatic carbocycles. The number of anilines is 2. The van der Waals surface area contributed by atoms with E-state index in [9.17, 15) is 9.59 Å². The Bertz CT molecular complexity index is 1070. The quantitative estimate of drug-likeness (QED) is 0.739. The lowest BCUT2D eigenvalue weighted by molar-refractivity contribution is -0.122. The zero-order valence-corrected chi connectivity index (χ0v) is 16.6. The Morgan fingerprint density at radius 1 is 1.10 bits per heavy atom. The number of aryl methyl sites for hydroxylation is 3. The van der Waals surface area contributed by atoms with Crippen LogP contribution in [0.4, 0.5) is 11.5 Å². The molecule has 1 N–H and O–H groups in total. The van der Waals surface area contributed by atoms with Gasteiger partial charge in [-0.25, -0.2) is 14.6 Å². The van der Waals surface area contributed by atoms with Crippen LogP contribution in [0.2, 0.25) is 0 Å². The van der Waals surface area contributed by atoms with Gasteiger partial charge in [-0.15, -0.1) is 0 Å². The highest BCUT2D eigenvalue weighted by Gasteiger charge is 2.35. The molecule has 148 valence electrons. The van der Waals surface area contributed by atoms with E-state index in [4.69, 9.17) is 0 Å². The van der Waals surface area contributed by atoms with Crippen molar-refractivity contribution < 1.29 is 9.59 Å². The van der Waals surface area contributed by atoms with Gasteiger partial charge in [0.1, 0.15) is 12.1 Å². The lowest BCUT2D eigenvalue weighted by Gasteiger charge is -2.17. The van der Waals surface area contributed by atoms with Gasteiger partial charge in [0, 0.05) is 30.4 Å². The van der Waals surface area contributed by atoms with Gasteiger partial charge in [-0.3, -0.25) is 9.59 Å². The summed E-state index contributed by atoms with van der Waals surface area (Å²) in [6, 6.07) is 11.3. The van der Waals surface area contributed by atoms with Crippen LogP contribution in [-0.4, -0.2) is 38.1 Å². The number of hydrogen-bond donors (Lipinski definition) is 1. The minimum Gasteiger partial charge on any atom is -0.312 e. The largest absolute Gasteiger partial charge is 0.312 e. The van der Waals surface area contributed by atoms with Crippen molar-refractivity contribution in [1.82, 2.24) is 19.7 Å². The summed E-state index contributed by atoms with van der Waals surface area (Å²) >= 11 is 0. The van der Waals surface area contributed by atoms with Crippen LogP contribution in [0.3, 0.4) is 0 Å². The third-order valence-electron chi connectivity index (χ3n) is 4.97. The van der Waals surface area contributed by atoms with Gasteiger partial charge >= 0.3 is 0 Å². The van der Waals surface area contributed by atoms with Crippen molar-refractivity contribution in [1.29, 1.82) is 0 Å². The van der Waals surface area contributed by atoms with Crippen molar-refractivity contribution >= 4 is 23.3 Å². The first-order valence-electron chi connectivity index (χ1n) is 9.44. The van der Waals surface area contributed by atoms with Crippen molar-refractivity contribution in [3.8, 4) is 5.82 Å². The van der Waals surface area contributed by atoms with Crippen molar-refractivity contribution in [2.24, 2.45) is 5.92 Å². The Kier molecular flexibility index (Phi) is 4.84. The summed E-state index contributed by atoms with van der Waals surface area (Å²) in [5.41, 5.74) is 3.75. The average molecular weight is 390 g/mol. The minimum absolute atomic E-state index is 0.0555. The number of carbonyl (C=O) groups is 2. The smallest absolute Gasteiger partial charge is 0.230 e. The van der Waals surface area contributed by atoms with E-state index in [1.54, 1.807) is 15.6 Å². The molecule has 1 aliphatic rings. The van der Waals surface area contributed by atoms with E-state index in [-0.39, 0.29) is 18.2 Å². The first-order chi connectivity index (χ1) is 13.9. The van der Waals surface area contributed by atoms with E-state index in [1.165, 1.54) is 6.33 Å². The first-order valence-corrected chi connectivity index (χ1v) is 9.44. The summed E-state index contributed by atoms with van der Waals surface area (Å²) in [7, 11) is 0. The fraction of sp³-hybridized carbons (Fsp3) is 0.286. The van der Waals surface area contributed by atoms with Crippen LogP contribution < -0.4 is 10.2 Å². The van der Waals surface area contributed by atoms with Gasteiger partial charge in [0.15, 0.2) is 5.82 Å². The molecule has 1 unspecified atom stereocenters. The molecule has 0 spiro atoms. The van der Waals surface area contributed by atoms with E-state index < -0.39 is 5.92 Å². The zero-order chi connectivity index (χ0) is 20.5. The monoisotopic (exact) mass is 390 g/mol. The van der Waals surface area contributed by atoms with Crippen molar-refractivity contribution in [2.75, 3.05) is 16.8 Å². The molecule has 1 fully saturated rings. The highest BCUT2D eigenvalue weighted by Crippen LogP contribution is 2.26. The number of aromatic nitrogens is 4. The molecule has 29 heavy (non-hydrogen) atoms. The van der Waals surface area contributed by atoms with Gasteiger partial charge in [-0.1, -0.05) is 17.7 Å². The Morgan fingerprint density at radius 2 is 1.86 bits per heavy atom. The van der Waals surface area contributed by atoms with Gasteiger partial charge in [-0.05, 0) is 39.0 Å². The molecule has 1 aliphatic heterocycles. The summed E-state index contributed by atoms with van der Waals surface area (Å²) in [5, 5.41) is 7.21. The van der Waals surface area contributed by atoms with Crippen molar-refractivity contribution in [3.63, 3.8) is 0 Å². The van der Waals surface area contributed by atoms with Gasteiger partial charge in [0.2, 0.25) is 11.8 Å². The van der Waals surface area contributed by atoms with E-state index in [0.717, 1.165) is 22.6 Å². The molecule has 4 rings (SSSR count). The number of hydrogen-bond acceptors (Lipinski definition) is 5. The maximum absolute atomic E-state index is 12.7. The van der Waals surface area contributed by atoms with Gasteiger partial charge < -0.3 is 10.2 Å². The highest BCUT2D eigenvalue weighted by molar-refractivity contribution is 6.03. The standard InChI is InChI=1S/C21H22N6O2/c1-13-4-6-17(7-5-13)26-11-16(9-20(26)28)21(29)24-18-10-19(23-12-22-18)27-15(3)8-14(2)25-27/h4-8,10,12,16H,9,11H2,1-3H3,(H,22,23,24,29). The molecule has 3 aromatic rings. The van der Waals surface area contributed by atoms with Crippen LogP contribution in [0, 0.1) is 26.7 Å². The second-order valence-electron chi connectivity index (χ2n) is 7.33. The Morgan fingerprint density at radius 3 is 2.55 bits per heavy atom. The number of nitrogens with one attached hydrogen (secondary N) is 1. The second kappa shape index (κ2) is 7.46. The predicted molar refractivity (Wildman–Crippen MR) is 109 cm³/mol. The SMILES string of the molecule is Cc1ccc(N2CC(C(=O)Nc3cc(-n4nc(C)cc4C)ncn3)CC2=O)cc1. The molecule has 0 saturated carbocycles. The van der Waals surface area contributed by atoms with Gasteiger partial charge in [0.05, 0.1) is 11.6 Å². The average Bonchev–Trinajstić information content (AvgIpc) is 3.24. The predicted octanol–water partition coefficient (Wildman–Crippen LogP) is 2.58. The van der Waals surface area contributed by atoms with E-state index in [1.807, 2.05) is 51.1 Å². The van der Waals surface area contributed by atoms with Gasteiger partial charge in [0.25, 0.3) is 0 Å². The summed E-state index contributed by atoms with van der Waals surface area (Å²) in [6.45, 7) is 6.19. The second-order valence-corrected chi connectivity index (χ2v) is 7.33. The topological polar surface area (TPSA) is 93.0 Å². The summed E-state index contributed by atoms with van der Waals surface area (Å²) < 4.78 is 1.70. The van der Waals surface area contributed by atoms with Gasteiger partial charge in [-0.2, -0.15) is 5.10 Å². The molecule has 1 saturated heterocycles. The van der Waals surface area contributed by atoms with Crippen LogP contribution in [0.25, 0.3) is 5.82 Å². The van der Waals surface area contributed by atoms with E-state index in [0.29, 0.717) is 18.2 Å². The first kappa shape index (κ1) is 18.8. The number of benzene rings is 1. The zero-order valence-electron chi connectivity index (χ0n) is 16.6.